The molecule has 0 spiro atoms. The van der Waals surface area contributed by atoms with Gasteiger partial charge >= 0.3 is 0 Å². The zero-order chi connectivity index (χ0) is 16.8. The average Bonchev–Trinajstić information content (AvgIpc) is 2.94. The SMILES string of the molecule is CCOCCC(=O)N1C(=Nc2ccc(Cl)c(Cl)c2)SCC1CC. The van der Waals surface area contributed by atoms with Crippen molar-refractivity contribution < 1.29 is 9.53 Å². The minimum atomic E-state index is 0.0501. The number of benzene rings is 1. The Hall–Kier alpha value is -0.750. The third kappa shape index (κ3) is 4.86. The maximum Gasteiger partial charge on any atom is 0.231 e. The number of amides is 1. The van der Waals surface area contributed by atoms with Gasteiger partial charge in [0.15, 0.2) is 5.17 Å². The molecule has 1 saturated heterocycles. The first-order chi connectivity index (χ1) is 11.1. The molecule has 7 heteroatoms. The molecule has 1 aromatic rings. The maximum atomic E-state index is 12.5. The first-order valence-corrected chi connectivity index (χ1v) is 9.37. The van der Waals surface area contributed by atoms with Crippen molar-refractivity contribution in [2.75, 3.05) is 19.0 Å². The Kier molecular flexibility index (Phi) is 7.21. The summed E-state index contributed by atoms with van der Waals surface area (Å²) in [6.07, 6.45) is 1.26. The highest BCUT2D eigenvalue weighted by Gasteiger charge is 2.33. The van der Waals surface area contributed by atoms with Crippen LogP contribution in [0, 0.1) is 0 Å². The normalized spacial score (nSPS) is 19.6. The van der Waals surface area contributed by atoms with Crippen molar-refractivity contribution in [2.45, 2.75) is 32.7 Å². The number of hydrogen-bond acceptors (Lipinski definition) is 4. The minimum absolute atomic E-state index is 0.0501. The Morgan fingerprint density at radius 3 is 2.83 bits per heavy atom. The van der Waals surface area contributed by atoms with E-state index in [0.29, 0.717) is 35.4 Å². The fourth-order valence-corrected chi connectivity index (χ4v) is 3.84. The van der Waals surface area contributed by atoms with Crippen LogP contribution in [0.1, 0.15) is 26.7 Å². The number of nitrogens with zero attached hydrogens (tertiary/aromatic N) is 2. The lowest BCUT2D eigenvalue weighted by atomic mass is 10.2. The van der Waals surface area contributed by atoms with Crippen LogP contribution in [-0.4, -0.2) is 41.0 Å². The van der Waals surface area contributed by atoms with Gasteiger partial charge in [0.25, 0.3) is 0 Å². The smallest absolute Gasteiger partial charge is 0.231 e. The van der Waals surface area contributed by atoms with E-state index in [1.54, 1.807) is 34.9 Å². The molecule has 1 fully saturated rings. The molecule has 0 N–H and O–H groups in total. The number of amidine groups is 1. The largest absolute Gasteiger partial charge is 0.381 e. The van der Waals surface area contributed by atoms with E-state index in [4.69, 9.17) is 27.9 Å². The second kappa shape index (κ2) is 8.92. The number of ether oxygens (including phenoxy) is 1. The Bertz CT molecular complexity index is 595. The average molecular weight is 375 g/mol. The summed E-state index contributed by atoms with van der Waals surface area (Å²) in [6.45, 7) is 5.05. The van der Waals surface area contributed by atoms with Gasteiger partial charge in [-0.05, 0) is 31.5 Å². The maximum absolute atomic E-state index is 12.5. The van der Waals surface area contributed by atoms with Crippen LogP contribution in [0.15, 0.2) is 23.2 Å². The molecule has 1 atom stereocenters. The van der Waals surface area contributed by atoms with E-state index in [-0.39, 0.29) is 11.9 Å². The van der Waals surface area contributed by atoms with E-state index in [9.17, 15) is 4.79 Å². The van der Waals surface area contributed by atoms with Crippen molar-refractivity contribution in [3.63, 3.8) is 0 Å². The summed E-state index contributed by atoms with van der Waals surface area (Å²) in [5, 5.41) is 1.67. The van der Waals surface area contributed by atoms with Crippen LogP contribution in [0.5, 0.6) is 0 Å². The number of aliphatic imine (C=N–C) groups is 1. The standard InChI is InChI=1S/C16H20Cl2N2O2S/c1-3-12-10-23-16(20(12)15(21)7-8-22-4-2)19-11-5-6-13(17)14(18)9-11/h5-6,9,12H,3-4,7-8,10H2,1-2H3. The van der Waals surface area contributed by atoms with Gasteiger partial charge in [-0.3, -0.25) is 9.69 Å². The van der Waals surface area contributed by atoms with Crippen LogP contribution in [0.25, 0.3) is 0 Å². The Morgan fingerprint density at radius 2 is 2.17 bits per heavy atom. The predicted molar refractivity (Wildman–Crippen MR) is 98.1 cm³/mol. The molecule has 0 bridgehead atoms. The molecule has 23 heavy (non-hydrogen) atoms. The third-order valence-corrected chi connectivity index (χ3v) is 5.34. The van der Waals surface area contributed by atoms with E-state index in [2.05, 4.69) is 11.9 Å². The molecule has 126 valence electrons. The summed E-state index contributed by atoms with van der Waals surface area (Å²) in [7, 11) is 0. The van der Waals surface area contributed by atoms with Crippen molar-refractivity contribution in [3.05, 3.63) is 28.2 Å². The lowest BCUT2D eigenvalue weighted by Gasteiger charge is -2.23. The van der Waals surface area contributed by atoms with Gasteiger partial charge in [-0.15, -0.1) is 0 Å². The van der Waals surface area contributed by atoms with Crippen LogP contribution in [0.4, 0.5) is 5.69 Å². The van der Waals surface area contributed by atoms with E-state index in [1.165, 1.54) is 0 Å². The monoisotopic (exact) mass is 374 g/mol. The number of thioether (sulfide) groups is 1. The van der Waals surface area contributed by atoms with E-state index in [0.717, 1.165) is 17.3 Å². The number of carbonyl (C=O) groups excluding carboxylic acids is 1. The second-order valence-electron chi connectivity index (χ2n) is 5.08. The molecule has 1 aliphatic heterocycles. The Balaban J connectivity index is 2.19. The first kappa shape index (κ1) is 18.6. The van der Waals surface area contributed by atoms with Gasteiger partial charge in [0.05, 0.1) is 28.8 Å². The summed E-state index contributed by atoms with van der Waals surface area (Å²) in [4.78, 5) is 18.9. The van der Waals surface area contributed by atoms with Crippen LogP contribution >= 0.6 is 35.0 Å². The fraction of sp³-hybridized carbons (Fsp3) is 0.500. The molecule has 2 rings (SSSR count). The molecular weight excluding hydrogens is 355 g/mol. The minimum Gasteiger partial charge on any atom is -0.381 e. The second-order valence-corrected chi connectivity index (χ2v) is 6.88. The van der Waals surface area contributed by atoms with Crippen molar-refractivity contribution >= 4 is 51.7 Å². The summed E-state index contributed by atoms with van der Waals surface area (Å²) >= 11 is 13.6. The van der Waals surface area contributed by atoms with Crippen LogP contribution in [0.3, 0.4) is 0 Å². The molecule has 1 aromatic carbocycles. The molecule has 1 unspecified atom stereocenters. The van der Waals surface area contributed by atoms with Gasteiger partial charge in [0, 0.05) is 18.4 Å². The van der Waals surface area contributed by atoms with Crippen molar-refractivity contribution in [3.8, 4) is 0 Å². The highest BCUT2D eigenvalue weighted by Crippen LogP contribution is 2.32. The topological polar surface area (TPSA) is 41.9 Å². The number of carbonyl (C=O) groups is 1. The van der Waals surface area contributed by atoms with E-state index in [1.807, 2.05) is 6.92 Å². The van der Waals surface area contributed by atoms with Crippen molar-refractivity contribution in [1.82, 2.24) is 4.90 Å². The first-order valence-electron chi connectivity index (χ1n) is 7.63. The van der Waals surface area contributed by atoms with Crippen LogP contribution in [-0.2, 0) is 9.53 Å². The highest BCUT2D eigenvalue weighted by atomic mass is 35.5. The molecular formula is C16H20Cl2N2O2S. The van der Waals surface area contributed by atoms with Crippen LogP contribution < -0.4 is 0 Å². The van der Waals surface area contributed by atoms with E-state index < -0.39 is 0 Å². The summed E-state index contributed by atoms with van der Waals surface area (Å²) in [5.74, 6) is 0.908. The quantitative estimate of drug-likeness (QED) is 0.673. The fourth-order valence-electron chi connectivity index (χ4n) is 2.26. The van der Waals surface area contributed by atoms with Gasteiger partial charge in [0.1, 0.15) is 0 Å². The van der Waals surface area contributed by atoms with Gasteiger partial charge in [-0.1, -0.05) is 41.9 Å². The molecule has 0 aliphatic carbocycles. The lowest BCUT2D eigenvalue weighted by molar-refractivity contribution is -0.129. The van der Waals surface area contributed by atoms with Gasteiger partial charge in [-0.2, -0.15) is 0 Å². The molecule has 4 nitrogen and oxygen atoms in total. The molecule has 0 radical (unpaired) electrons. The van der Waals surface area contributed by atoms with Crippen molar-refractivity contribution in [2.24, 2.45) is 4.99 Å². The Labute approximate surface area is 151 Å². The van der Waals surface area contributed by atoms with Gasteiger partial charge < -0.3 is 4.74 Å². The molecule has 1 aliphatic rings. The van der Waals surface area contributed by atoms with E-state index >= 15 is 0 Å². The number of hydrogen-bond donors (Lipinski definition) is 0. The number of halogens is 2. The molecule has 1 amide bonds. The summed E-state index contributed by atoms with van der Waals surface area (Å²) in [6, 6.07) is 5.39. The summed E-state index contributed by atoms with van der Waals surface area (Å²) in [5.41, 5.74) is 0.696. The highest BCUT2D eigenvalue weighted by molar-refractivity contribution is 8.14. The van der Waals surface area contributed by atoms with Gasteiger partial charge in [-0.25, -0.2) is 4.99 Å². The molecule has 0 saturated carbocycles. The zero-order valence-corrected chi connectivity index (χ0v) is 15.5. The lowest BCUT2D eigenvalue weighted by Crippen LogP contribution is -2.39. The predicted octanol–water partition coefficient (Wildman–Crippen LogP) is 4.76. The van der Waals surface area contributed by atoms with Crippen molar-refractivity contribution in [1.29, 1.82) is 0 Å². The summed E-state index contributed by atoms with van der Waals surface area (Å²) < 4.78 is 5.29. The number of rotatable bonds is 6. The molecule has 1 heterocycles. The Morgan fingerprint density at radius 1 is 1.39 bits per heavy atom. The third-order valence-electron chi connectivity index (χ3n) is 3.51. The zero-order valence-electron chi connectivity index (χ0n) is 13.2. The molecule has 0 aromatic heterocycles. The van der Waals surface area contributed by atoms with Crippen LogP contribution in [0.2, 0.25) is 10.0 Å². The van der Waals surface area contributed by atoms with Gasteiger partial charge in [0.2, 0.25) is 5.91 Å².